The first-order valence-corrected chi connectivity index (χ1v) is 7.40. The zero-order chi connectivity index (χ0) is 15.6. The number of benzene rings is 2. The highest BCUT2D eigenvalue weighted by molar-refractivity contribution is 5.78. The summed E-state index contributed by atoms with van der Waals surface area (Å²) in [5.74, 6) is 0.748. The second-order valence-corrected chi connectivity index (χ2v) is 5.37. The quantitative estimate of drug-likeness (QED) is 0.579. The molecule has 2 aromatic heterocycles. The van der Waals surface area contributed by atoms with Crippen molar-refractivity contribution in [1.29, 1.82) is 0 Å². The van der Waals surface area contributed by atoms with Crippen molar-refractivity contribution in [3.05, 3.63) is 88.9 Å². The minimum atomic E-state index is 0.0272. The Morgan fingerprint density at radius 3 is 2.61 bits per heavy atom. The van der Waals surface area contributed by atoms with Gasteiger partial charge in [0, 0.05) is 29.3 Å². The van der Waals surface area contributed by atoms with Gasteiger partial charge in [-0.15, -0.1) is 0 Å². The average Bonchev–Trinajstić information content (AvgIpc) is 3.07. The molecule has 0 aliphatic carbocycles. The van der Waals surface area contributed by atoms with Gasteiger partial charge < -0.3 is 9.09 Å². The molecule has 0 bridgehead atoms. The third-order valence-electron chi connectivity index (χ3n) is 3.84. The normalized spacial score (nSPS) is 11.0. The van der Waals surface area contributed by atoms with Gasteiger partial charge in [0.1, 0.15) is 5.69 Å². The van der Waals surface area contributed by atoms with E-state index in [4.69, 9.17) is 4.52 Å². The fraction of sp³-hybridized carbons (Fsp3) is 0.0526. The van der Waals surface area contributed by atoms with E-state index >= 15 is 0 Å². The lowest BCUT2D eigenvalue weighted by atomic mass is 10.1. The summed E-state index contributed by atoms with van der Waals surface area (Å²) in [5.41, 5.74) is 2.75. The molecule has 2 heterocycles. The maximum atomic E-state index is 11.9. The maximum absolute atomic E-state index is 11.9. The van der Waals surface area contributed by atoms with Gasteiger partial charge in [-0.25, -0.2) is 0 Å². The smallest absolute Gasteiger partial charge is 0.189 e. The molecule has 0 saturated carbocycles. The van der Waals surface area contributed by atoms with Crippen LogP contribution in [0.5, 0.6) is 0 Å². The molecule has 0 saturated heterocycles. The summed E-state index contributed by atoms with van der Waals surface area (Å²) in [4.78, 5) is 11.9. The van der Waals surface area contributed by atoms with Crippen LogP contribution in [0.1, 0.15) is 5.76 Å². The van der Waals surface area contributed by atoms with Crippen LogP contribution in [0.4, 0.5) is 0 Å². The minimum Gasteiger partial charge on any atom is -0.359 e. The molecular weight excluding hydrogens is 288 g/mol. The van der Waals surface area contributed by atoms with Crippen molar-refractivity contribution in [1.82, 2.24) is 9.72 Å². The molecule has 0 fully saturated rings. The van der Waals surface area contributed by atoms with Crippen LogP contribution >= 0.6 is 0 Å². The van der Waals surface area contributed by atoms with Crippen molar-refractivity contribution >= 4 is 10.9 Å². The van der Waals surface area contributed by atoms with Gasteiger partial charge in [0.05, 0.1) is 12.1 Å². The average molecular weight is 302 g/mol. The highest BCUT2D eigenvalue weighted by Gasteiger charge is 2.08. The Morgan fingerprint density at radius 2 is 1.74 bits per heavy atom. The number of aromatic nitrogens is 2. The Balaban J connectivity index is 1.71. The number of pyridine rings is 1. The van der Waals surface area contributed by atoms with Gasteiger partial charge >= 0.3 is 0 Å². The number of hydrogen-bond donors (Lipinski definition) is 0. The molecule has 0 atom stereocenters. The van der Waals surface area contributed by atoms with Crippen LogP contribution in [0.15, 0.2) is 82.2 Å². The molecule has 23 heavy (non-hydrogen) atoms. The summed E-state index contributed by atoms with van der Waals surface area (Å²) in [7, 11) is 0. The summed E-state index contributed by atoms with van der Waals surface area (Å²) < 4.78 is 7.45. The van der Waals surface area contributed by atoms with Crippen LogP contribution in [0, 0.1) is 0 Å². The molecule has 0 aliphatic heterocycles. The lowest BCUT2D eigenvalue weighted by Crippen LogP contribution is -2.08. The second-order valence-electron chi connectivity index (χ2n) is 5.37. The largest absolute Gasteiger partial charge is 0.359 e. The predicted octanol–water partition coefficient (Wildman–Crippen LogP) is 3.70. The van der Waals surface area contributed by atoms with E-state index < -0.39 is 0 Å². The van der Waals surface area contributed by atoms with E-state index in [9.17, 15) is 4.79 Å². The third kappa shape index (κ3) is 2.55. The maximum Gasteiger partial charge on any atom is 0.189 e. The van der Waals surface area contributed by atoms with Crippen molar-refractivity contribution < 1.29 is 4.52 Å². The predicted molar refractivity (Wildman–Crippen MR) is 89.2 cm³/mol. The molecule has 4 nitrogen and oxygen atoms in total. The Labute approximate surface area is 132 Å². The van der Waals surface area contributed by atoms with Crippen molar-refractivity contribution in [3.8, 4) is 11.3 Å². The van der Waals surface area contributed by atoms with Crippen LogP contribution < -0.4 is 5.43 Å². The van der Waals surface area contributed by atoms with Gasteiger partial charge in [0.15, 0.2) is 11.2 Å². The molecule has 4 heteroatoms. The van der Waals surface area contributed by atoms with E-state index in [0.29, 0.717) is 11.9 Å². The van der Waals surface area contributed by atoms with Crippen LogP contribution in [-0.2, 0) is 6.54 Å². The van der Waals surface area contributed by atoms with Crippen LogP contribution in [0.3, 0.4) is 0 Å². The number of nitrogens with zero attached hydrogens (tertiary/aromatic N) is 2. The summed E-state index contributed by atoms with van der Waals surface area (Å²) in [6.45, 7) is 0.528. The van der Waals surface area contributed by atoms with Gasteiger partial charge in [-0.3, -0.25) is 4.79 Å². The van der Waals surface area contributed by atoms with E-state index in [1.165, 1.54) is 0 Å². The lowest BCUT2D eigenvalue weighted by Gasteiger charge is -2.08. The second kappa shape index (κ2) is 5.57. The SMILES string of the molecule is O=c1ccn(Cc2cc(-c3ccccc3)no2)c2ccccc12. The number of fused-ring (bicyclic) bond motifs is 1. The number of rotatable bonds is 3. The van der Waals surface area contributed by atoms with Gasteiger partial charge in [-0.05, 0) is 12.1 Å². The van der Waals surface area contributed by atoms with E-state index in [1.54, 1.807) is 12.3 Å². The van der Waals surface area contributed by atoms with E-state index in [0.717, 1.165) is 22.5 Å². The first kappa shape index (κ1) is 13.5. The number of para-hydroxylation sites is 1. The standard InChI is InChI=1S/C19H14N2O2/c22-19-10-11-21(18-9-5-4-8-16(18)19)13-15-12-17(20-23-15)14-6-2-1-3-7-14/h1-12H,13H2. The Kier molecular flexibility index (Phi) is 3.27. The van der Waals surface area contributed by atoms with Crippen molar-refractivity contribution in [2.45, 2.75) is 6.54 Å². The summed E-state index contributed by atoms with van der Waals surface area (Å²) >= 11 is 0. The van der Waals surface area contributed by atoms with E-state index in [1.807, 2.05) is 65.2 Å². The van der Waals surface area contributed by atoms with Gasteiger partial charge in [-0.1, -0.05) is 47.6 Å². The topological polar surface area (TPSA) is 48.0 Å². The summed E-state index contributed by atoms with van der Waals surface area (Å²) in [6.07, 6.45) is 1.79. The molecule has 0 N–H and O–H groups in total. The molecular formula is C19H14N2O2. The summed E-state index contributed by atoms with van der Waals surface area (Å²) in [6, 6.07) is 21.0. The van der Waals surface area contributed by atoms with Gasteiger partial charge in [0.2, 0.25) is 0 Å². The summed E-state index contributed by atoms with van der Waals surface area (Å²) in [5, 5.41) is 4.84. The Hall–Kier alpha value is -3.14. The van der Waals surface area contributed by atoms with Gasteiger partial charge in [0.25, 0.3) is 0 Å². The molecule has 0 amide bonds. The fourth-order valence-electron chi connectivity index (χ4n) is 2.70. The zero-order valence-electron chi connectivity index (χ0n) is 12.3. The van der Waals surface area contributed by atoms with Gasteiger partial charge in [-0.2, -0.15) is 0 Å². The lowest BCUT2D eigenvalue weighted by molar-refractivity contribution is 0.379. The number of hydrogen-bond acceptors (Lipinski definition) is 3. The third-order valence-corrected chi connectivity index (χ3v) is 3.84. The molecule has 0 radical (unpaired) electrons. The monoisotopic (exact) mass is 302 g/mol. The molecule has 2 aromatic carbocycles. The Bertz CT molecular complexity index is 1020. The van der Waals surface area contributed by atoms with Crippen molar-refractivity contribution in [2.24, 2.45) is 0 Å². The van der Waals surface area contributed by atoms with Crippen LogP contribution in [0.25, 0.3) is 22.2 Å². The molecule has 0 unspecified atom stereocenters. The van der Waals surface area contributed by atoms with E-state index in [2.05, 4.69) is 5.16 Å². The van der Waals surface area contributed by atoms with Crippen molar-refractivity contribution in [3.63, 3.8) is 0 Å². The fourth-order valence-corrected chi connectivity index (χ4v) is 2.70. The minimum absolute atomic E-state index is 0.0272. The highest BCUT2D eigenvalue weighted by atomic mass is 16.5. The first-order chi connectivity index (χ1) is 11.3. The first-order valence-electron chi connectivity index (χ1n) is 7.40. The van der Waals surface area contributed by atoms with Crippen LogP contribution in [0.2, 0.25) is 0 Å². The molecule has 0 aliphatic rings. The zero-order valence-corrected chi connectivity index (χ0v) is 12.3. The van der Waals surface area contributed by atoms with Crippen molar-refractivity contribution in [2.75, 3.05) is 0 Å². The van der Waals surface area contributed by atoms with E-state index in [-0.39, 0.29) is 5.43 Å². The molecule has 4 aromatic rings. The van der Waals surface area contributed by atoms with Crippen LogP contribution in [-0.4, -0.2) is 9.72 Å². The molecule has 0 spiro atoms. The highest BCUT2D eigenvalue weighted by Crippen LogP contribution is 2.20. The molecule has 112 valence electrons. The Morgan fingerprint density at radius 1 is 0.957 bits per heavy atom. The molecule has 4 rings (SSSR count).